The van der Waals surface area contributed by atoms with Crippen LogP contribution in [-0.4, -0.2) is 66.1 Å². The number of hydrogen-bond donors (Lipinski definition) is 3. The molecule has 2 saturated carbocycles. The molecule has 0 radical (unpaired) electrons. The van der Waals surface area contributed by atoms with E-state index >= 15 is 0 Å². The molecule has 40 heavy (non-hydrogen) atoms. The first kappa shape index (κ1) is 16.5. The third-order valence-corrected chi connectivity index (χ3v) is 7.63. The first-order chi connectivity index (χ1) is 23.0. The van der Waals surface area contributed by atoms with Crippen LogP contribution in [0.15, 0.2) is 29.2 Å². The normalized spacial score (nSPS) is 30.3. The number of fused-ring (bicyclic) bond motifs is 2. The van der Waals surface area contributed by atoms with Crippen LogP contribution in [-0.2, 0) is 22.0 Å². The highest BCUT2D eigenvalue weighted by Crippen LogP contribution is 2.51. The third kappa shape index (κ3) is 3.85. The largest absolute Gasteiger partial charge is 0.479 e. The summed E-state index contributed by atoms with van der Waals surface area (Å²) in [6, 6.07) is 1.72. The van der Waals surface area contributed by atoms with E-state index in [0.717, 1.165) is 10.9 Å². The molecule has 0 aliphatic heterocycles. The number of carboxylic acids is 1. The van der Waals surface area contributed by atoms with Crippen LogP contribution in [0.3, 0.4) is 0 Å². The number of amides is 1. The number of rotatable bonds is 7. The number of carbonyl (C=O) groups is 2. The average Bonchev–Trinajstić information content (AvgIpc) is 3.17. The summed E-state index contributed by atoms with van der Waals surface area (Å²) in [5.41, 5.74) is -2.36. The van der Waals surface area contributed by atoms with Gasteiger partial charge in [-0.3, -0.25) is 9.13 Å². The van der Waals surface area contributed by atoms with Crippen molar-refractivity contribution in [2.45, 2.75) is 50.2 Å². The first-order valence-electron chi connectivity index (χ1n) is 17.3. The molecule has 3 N–H and O–H groups in total. The topological polar surface area (TPSA) is 167 Å². The van der Waals surface area contributed by atoms with Crippen molar-refractivity contribution in [2.75, 3.05) is 19.4 Å². The lowest BCUT2D eigenvalue weighted by Gasteiger charge is -2.14. The minimum atomic E-state index is -3.04. The number of aliphatic carboxylic acids is 1. The van der Waals surface area contributed by atoms with Crippen LogP contribution in [0.25, 0.3) is 22.1 Å². The Hall–Kier alpha value is -4.62. The van der Waals surface area contributed by atoms with Gasteiger partial charge in [0.15, 0.2) is 11.2 Å². The van der Waals surface area contributed by atoms with Gasteiger partial charge in [-0.1, -0.05) is 6.92 Å². The second-order valence-corrected chi connectivity index (χ2v) is 9.91. The predicted molar refractivity (Wildman–Crippen MR) is 144 cm³/mol. The molecule has 0 bridgehead atoms. The number of alkyl carbamates (subject to hydrolysis) is 1. The van der Waals surface area contributed by atoms with Gasteiger partial charge in [-0.2, -0.15) is 0 Å². The fraction of sp³-hybridized carbons (Fsp3) is 0.462. The molecule has 0 spiro atoms. The number of nitrogens with one attached hydrogen (secondary N) is 2. The van der Waals surface area contributed by atoms with Gasteiger partial charge in [0.25, 0.3) is 0 Å². The molecular formula is C26H30N8O6. The molecule has 0 unspecified atom stereocenters. The molecule has 4 aromatic rings. The Bertz CT molecular complexity index is 2090. The Balaban J connectivity index is 1.38. The lowest BCUT2D eigenvalue weighted by molar-refractivity contribution is -0.143. The minimum Gasteiger partial charge on any atom is -0.479 e. The second kappa shape index (κ2) is 9.24. The van der Waals surface area contributed by atoms with Crippen LogP contribution in [0.1, 0.15) is 52.4 Å². The number of carbonyl (C=O) groups excluding carboxylic acids is 1. The summed E-state index contributed by atoms with van der Waals surface area (Å²) in [4.78, 5) is 46.8. The quantitative estimate of drug-likeness (QED) is 0.305. The van der Waals surface area contributed by atoms with Crippen molar-refractivity contribution >= 4 is 45.8 Å². The van der Waals surface area contributed by atoms with Crippen molar-refractivity contribution in [3.63, 3.8) is 0 Å². The van der Waals surface area contributed by atoms with Crippen LogP contribution in [0.5, 0.6) is 5.88 Å². The molecule has 2 aliphatic rings. The first-order valence-corrected chi connectivity index (χ1v) is 12.3. The third-order valence-electron chi connectivity index (χ3n) is 7.63. The fourth-order valence-electron chi connectivity index (χ4n) is 5.49. The van der Waals surface area contributed by atoms with E-state index in [1.165, 1.54) is 22.8 Å². The maximum absolute atomic E-state index is 13.6. The predicted octanol–water partition coefficient (Wildman–Crippen LogP) is 2.50. The van der Waals surface area contributed by atoms with Gasteiger partial charge in [0, 0.05) is 29.2 Å². The molecule has 14 nitrogen and oxygen atoms in total. The van der Waals surface area contributed by atoms with Gasteiger partial charge >= 0.3 is 17.8 Å². The lowest BCUT2D eigenvalue weighted by atomic mass is 10.2. The molecule has 0 saturated heterocycles. The number of imidazole rings is 1. The Kier molecular flexibility index (Phi) is 3.81. The highest BCUT2D eigenvalue weighted by atomic mass is 16.5. The van der Waals surface area contributed by atoms with Crippen LogP contribution >= 0.6 is 0 Å². The molecule has 210 valence electrons. The summed E-state index contributed by atoms with van der Waals surface area (Å²) >= 11 is 0. The van der Waals surface area contributed by atoms with E-state index in [-0.39, 0.29) is 71.2 Å². The number of carboxylic acid groups (broad SMARTS) is 1. The fourth-order valence-corrected chi connectivity index (χ4v) is 5.49. The van der Waals surface area contributed by atoms with E-state index < -0.39 is 56.4 Å². The highest BCUT2D eigenvalue weighted by molar-refractivity contribution is 5.88. The zero-order chi connectivity index (χ0) is 36.8. The number of methoxy groups -OCH3 is 2. The van der Waals surface area contributed by atoms with Crippen molar-refractivity contribution in [3.8, 4) is 5.88 Å². The molecule has 2 aliphatic carbocycles. The summed E-state index contributed by atoms with van der Waals surface area (Å²) in [6.45, 7) is -1.22. The second-order valence-electron chi connectivity index (χ2n) is 9.91. The van der Waals surface area contributed by atoms with Crippen LogP contribution in [0.2, 0.25) is 0 Å². The number of nitrogens with zero attached hydrogens (tertiary/aromatic N) is 6. The molecule has 2 fully saturated rings. The van der Waals surface area contributed by atoms with E-state index in [1.54, 1.807) is 6.92 Å². The minimum absolute atomic E-state index is 0.00908. The standard InChI is InChI=1S/C26H30N8O6/c1-13-11-26(13,23(35)36)34-21-16(22(31-34)39-3)7-8-19(30-21)29-20-10-17-18(12-27-20)32(2)25(38)33(17)15-6-5-14(9-15)28-24(37)40-4/h7-8,10,12-15H,5-6,9,11H2,1-4H3,(H,28,37)(H,35,36)(H,27,29,30)/t13-,14+,15+,26-/m0/s1/i2D3,3D3,4D3,14D. The highest BCUT2D eigenvalue weighted by Gasteiger charge is 2.61. The smallest absolute Gasteiger partial charge is 0.407 e. The Morgan fingerprint density at radius 3 is 2.83 bits per heavy atom. The zero-order valence-corrected chi connectivity index (χ0v) is 21.0. The summed E-state index contributed by atoms with van der Waals surface area (Å²) in [5, 5.41) is 19.5. The number of aromatic nitrogens is 6. The van der Waals surface area contributed by atoms with Crippen molar-refractivity contribution in [1.82, 2.24) is 34.2 Å². The van der Waals surface area contributed by atoms with Gasteiger partial charge < -0.3 is 25.2 Å². The summed E-state index contributed by atoms with van der Waals surface area (Å²) in [7, 11) is -5.93. The molecular weight excluding hydrogens is 520 g/mol. The SMILES string of the molecule is [2H]C([2H])([2H])OC(=O)N[C@]1([2H])CC[C@@H](n2c(=O)n(C([2H])([2H])[2H])c3cnc(Nc4ccc5c(OC([2H])([2H])[2H])nn([C@@]6(C(=O)O)C[C@@H]6C)c5n4)cc32)C1. The van der Waals surface area contributed by atoms with Gasteiger partial charge in [0.2, 0.25) is 5.88 Å². The number of anilines is 2. The van der Waals surface area contributed by atoms with Gasteiger partial charge in [-0.15, -0.1) is 5.10 Å². The Morgan fingerprint density at radius 1 is 1.25 bits per heavy atom. The number of pyridine rings is 2. The number of aryl methyl sites for hydroxylation is 1. The van der Waals surface area contributed by atoms with Crippen molar-refractivity contribution < 1.29 is 37.9 Å². The molecule has 0 aromatic carbocycles. The van der Waals surface area contributed by atoms with Crippen molar-refractivity contribution in [1.29, 1.82) is 0 Å². The maximum atomic E-state index is 13.6. The molecule has 4 aromatic heterocycles. The Morgan fingerprint density at radius 2 is 2.10 bits per heavy atom. The van der Waals surface area contributed by atoms with E-state index in [1.807, 2.05) is 0 Å². The van der Waals surface area contributed by atoms with E-state index in [2.05, 4.69) is 30.4 Å². The van der Waals surface area contributed by atoms with E-state index in [0.29, 0.717) is 4.57 Å². The van der Waals surface area contributed by atoms with Gasteiger partial charge in [-0.05, 0) is 43.7 Å². The number of ether oxygens (including phenoxy) is 2. The molecule has 14 heteroatoms. The van der Waals surface area contributed by atoms with Crippen LogP contribution in [0.4, 0.5) is 16.4 Å². The molecule has 4 atom stereocenters. The van der Waals surface area contributed by atoms with E-state index in [4.69, 9.17) is 18.4 Å². The van der Waals surface area contributed by atoms with Crippen molar-refractivity contribution in [3.05, 3.63) is 34.9 Å². The molecule has 6 rings (SSSR count). The molecule has 1 amide bonds. The van der Waals surface area contributed by atoms with Crippen LogP contribution in [0, 0.1) is 5.92 Å². The van der Waals surface area contributed by atoms with Gasteiger partial charge in [-0.25, -0.2) is 29.0 Å². The van der Waals surface area contributed by atoms with Crippen LogP contribution < -0.4 is 21.1 Å². The number of hydrogen-bond acceptors (Lipinski definition) is 9. The maximum Gasteiger partial charge on any atom is 0.407 e. The summed E-state index contributed by atoms with van der Waals surface area (Å²) in [6.07, 6.45) is -0.0533. The Labute approximate surface area is 241 Å². The van der Waals surface area contributed by atoms with Crippen molar-refractivity contribution in [2.24, 2.45) is 12.9 Å². The summed E-state index contributed by atoms with van der Waals surface area (Å²) in [5.74, 6) is -1.70. The monoisotopic (exact) mass is 560 g/mol. The lowest BCUT2D eigenvalue weighted by Crippen LogP contribution is -2.33. The summed E-state index contributed by atoms with van der Waals surface area (Å²) < 4.78 is 88.8. The average molecular weight is 561 g/mol. The van der Waals surface area contributed by atoms with Gasteiger partial charge in [0.05, 0.1) is 46.3 Å². The van der Waals surface area contributed by atoms with Gasteiger partial charge in [0.1, 0.15) is 11.6 Å². The molecule has 4 heterocycles. The zero-order valence-electron chi connectivity index (χ0n) is 31.0. The van der Waals surface area contributed by atoms with E-state index in [9.17, 15) is 19.5 Å².